The number of aliphatic imine (C=N–C) groups is 1. The van der Waals surface area contributed by atoms with Crippen LogP contribution in [0, 0.1) is 5.92 Å². The summed E-state index contributed by atoms with van der Waals surface area (Å²) in [6.45, 7) is 10.0. The summed E-state index contributed by atoms with van der Waals surface area (Å²) in [6, 6.07) is 10.2. The Labute approximate surface area is 146 Å². The van der Waals surface area contributed by atoms with Crippen molar-refractivity contribution in [3.8, 4) is 0 Å². The summed E-state index contributed by atoms with van der Waals surface area (Å²) in [5.41, 5.74) is 1.19. The molecule has 2 N–H and O–H groups in total. The number of benzene rings is 1. The van der Waals surface area contributed by atoms with Crippen molar-refractivity contribution >= 4 is 5.96 Å². The molecular weight excluding hydrogens is 302 g/mol. The van der Waals surface area contributed by atoms with Crippen LogP contribution in [0.15, 0.2) is 35.3 Å². The molecule has 0 radical (unpaired) electrons. The number of ether oxygens (including phenoxy) is 2. The number of hydrogen-bond acceptors (Lipinski definition) is 3. The van der Waals surface area contributed by atoms with E-state index in [9.17, 15) is 0 Å². The van der Waals surface area contributed by atoms with Crippen molar-refractivity contribution in [2.45, 2.75) is 39.9 Å². The van der Waals surface area contributed by atoms with E-state index in [0.717, 1.165) is 32.1 Å². The second-order valence-corrected chi connectivity index (χ2v) is 5.99. The lowest BCUT2D eigenvalue weighted by Crippen LogP contribution is -2.40. The minimum atomic E-state index is 0.287. The number of rotatable bonds is 11. The molecule has 5 heteroatoms. The Balaban J connectivity index is 2.14. The normalized spacial score (nSPS) is 13.1. The van der Waals surface area contributed by atoms with Gasteiger partial charge in [-0.3, -0.25) is 4.99 Å². The van der Waals surface area contributed by atoms with E-state index < -0.39 is 0 Å². The molecule has 5 nitrogen and oxygen atoms in total. The van der Waals surface area contributed by atoms with Gasteiger partial charge in [-0.25, -0.2) is 0 Å². The maximum absolute atomic E-state index is 5.75. The van der Waals surface area contributed by atoms with Crippen LogP contribution in [0.2, 0.25) is 0 Å². The van der Waals surface area contributed by atoms with E-state index in [1.165, 1.54) is 5.56 Å². The highest BCUT2D eigenvalue weighted by molar-refractivity contribution is 5.79. The van der Waals surface area contributed by atoms with Gasteiger partial charge in [-0.15, -0.1) is 0 Å². The van der Waals surface area contributed by atoms with E-state index in [1.54, 1.807) is 7.05 Å². The average molecular weight is 335 g/mol. The van der Waals surface area contributed by atoms with E-state index in [1.807, 2.05) is 25.1 Å². The average Bonchev–Trinajstić information content (AvgIpc) is 2.59. The molecule has 0 aliphatic rings. The number of nitrogens with zero attached hydrogens (tertiary/aromatic N) is 1. The lowest BCUT2D eigenvalue weighted by molar-refractivity contribution is 0.0258. The van der Waals surface area contributed by atoms with E-state index in [4.69, 9.17) is 9.47 Å². The number of nitrogens with one attached hydrogen (secondary N) is 2. The summed E-state index contributed by atoms with van der Waals surface area (Å²) in [5, 5.41) is 6.59. The number of guanidine groups is 1. The number of hydrogen-bond donors (Lipinski definition) is 2. The maximum Gasteiger partial charge on any atom is 0.191 e. The van der Waals surface area contributed by atoms with Crippen LogP contribution in [0.5, 0.6) is 0 Å². The monoisotopic (exact) mass is 335 g/mol. The molecule has 0 aliphatic carbocycles. The lowest BCUT2D eigenvalue weighted by Gasteiger charge is -2.21. The summed E-state index contributed by atoms with van der Waals surface area (Å²) >= 11 is 0. The zero-order chi connectivity index (χ0) is 17.6. The van der Waals surface area contributed by atoms with E-state index >= 15 is 0 Å². The highest BCUT2D eigenvalue weighted by Gasteiger charge is 2.12. The molecular formula is C19H33N3O2. The first-order chi connectivity index (χ1) is 11.7. The van der Waals surface area contributed by atoms with E-state index in [0.29, 0.717) is 19.1 Å². The van der Waals surface area contributed by atoms with Crippen LogP contribution in [0.4, 0.5) is 0 Å². The summed E-state index contributed by atoms with van der Waals surface area (Å²) < 4.78 is 11.4. The fraction of sp³-hybridized carbons (Fsp3) is 0.632. The molecule has 0 saturated carbocycles. The molecule has 24 heavy (non-hydrogen) atoms. The molecule has 0 fully saturated rings. The first-order valence-corrected chi connectivity index (χ1v) is 8.85. The standard InChI is InChI=1S/C19H33N3O2/c1-5-24-18(16(2)3)11-12-21-19(20-4)22-13-14-23-15-17-9-7-6-8-10-17/h6-10,16,18H,5,11-15H2,1-4H3,(H2,20,21,22). The third-order valence-electron chi connectivity index (χ3n) is 3.72. The summed E-state index contributed by atoms with van der Waals surface area (Å²) in [4.78, 5) is 4.23. The first-order valence-electron chi connectivity index (χ1n) is 8.85. The molecule has 1 unspecified atom stereocenters. The third kappa shape index (κ3) is 8.89. The molecule has 1 rings (SSSR count). The lowest BCUT2D eigenvalue weighted by atomic mass is 10.0. The van der Waals surface area contributed by atoms with Crippen LogP contribution in [-0.2, 0) is 16.1 Å². The Hall–Kier alpha value is -1.59. The Morgan fingerprint density at radius 2 is 1.83 bits per heavy atom. The topological polar surface area (TPSA) is 54.9 Å². The smallest absolute Gasteiger partial charge is 0.191 e. The summed E-state index contributed by atoms with van der Waals surface area (Å²) in [6.07, 6.45) is 1.26. The maximum atomic E-state index is 5.75. The van der Waals surface area contributed by atoms with Gasteiger partial charge in [0.2, 0.25) is 0 Å². The van der Waals surface area contributed by atoms with Gasteiger partial charge in [-0.1, -0.05) is 44.2 Å². The minimum Gasteiger partial charge on any atom is -0.378 e. The third-order valence-corrected chi connectivity index (χ3v) is 3.72. The second kappa shape index (κ2) is 12.8. The molecule has 136 valence electrons. The Morgan fingerprint density at radius 1 is 1.12 bits per heavy atom. The van der Waals surface area contributed by atoms with Crippen LogP contribution in [0.1, 0.15) is 32.8 Å². The fourth-order valence-corrected chi connectivity index (χ4v) is 2.38. The quantitative estimate of drug-likeness (QED) is 0.371. The van der Waals surface area contributed by atoms with Gasteiger partial charge >= 0.3 is 0 Å². The van der Waals surface area contributed by atoms with Gasteiger partial charge in [0.05, 0.1) is 19.3 Å². The van der Waals surface area contributed by atoms with Crippen LogP contribution >= 0.6 is 0 Å². The van der Waals surface area contributed by atoms with E-state index in [2.05, 4.69) is 41.6 Å². The zero-order valence-corrected chi connectivity index (χ0v) is 15.5. The molecule has 1 aromatic carbocycles. The zero-order valence-electron chi connectivity index (χ0n) is 15.5. The van der Waals surface area contributed by atoms with E-state index in [-0.39, 0.29) is 6.10 Å². The summed E-state index contributed by atoms with van der Waals surface area (Å²) in [5.74, 6) is 1.32. The Kier molecular flexibility index (Phi) is 10.9. The van der Waals surface area contributed by atoms with Gasteiger partial charge in [0.1, 0.15) is 0 Å². The van der Waals surface area contributed by atoms with Gasteiger partial charge in [-0.2, -0.15) is 0 Å². The van der Waals surface area contributed by atoms with Crippen LogP contribution in [0.25, 0.3) is 0 Å². The van der Waals surface area contributed by atoms with Gasteiger partial charge in [0.25, 0.3) is 0 Å². The van der Waals surface area contributed by atoms with Crippen molar-refractivity contribution in [2.24, 2.45) is 10.9 Å². The van der Waals surface area contributed by atoms with Crippen molar-refractivity contribution in [2.75, 3.05) is 33.4 Å². The Bertz CT molecular complexity index is 449. The van der Waals surface area contributed by atoms with Crippen molar-refractivity contribution in [1.29, 1.82) is 0 Å². The summed E-state index contributed by atoms with van der Waals surface area (Å²) in [7, 11) is 1.78. The van der Waals surface area contributed by atoms with Crippen molar-refractivity contribution in [3.05, 3.63) is 35.9 Å². The van der Waals surface area contributed by atoms with Gasteiger partial charge in [0, 0.05) is 26.7 Å². The first kappa shape index (κ1) is 20.5. The fourth-order valence-electron chi connectivity index (χ4n) is 2.38. The predicted molar refractivity (Wildman–Crippen MR) is 100 cm³/mol. The van der Waals surface area contributed by atoms with Crippen molar-refractivity contribution in [1.82, 2.24) is 10.6 Å². The molecule has 0 aromatic heterocycles. The molecule has 0 amide bonds. The van der Waals surface area contributed by atoms with Crippen LogP contribution in [0.3, 0.4) is 0 Å². The minimum absolute atomic E-state index is 0.287. The predicted octanol–water partition coefficient (Wildman–Crippen LogP) is 2.82. The van der Waals surface area contributed by atoms with Crippen molar-refractivity contribution in [3.63, 3.8) is 0 Å². The molecule has 0 spiro atoms. The SMILES string of the molecule is CCOC(CCNC(=NC)NCCOCc1ccccc1)C(C)C. The molecule has 1 atom stereocenters. The molecule has 0 aliphatic heterocycles. The highest BCUT2D eigenvalue weighted by Crippen LogP contribution is 2.09. The van der Waals surface area contributed by atoms with Gasteiger partial charge in [0.15, 0.2) is 5.96 Å². The van der Waals surface area contributed by atoms with Gasteiger partial charge < -0.3 is 20.1 Å². The largest absolute Gasteiger partial charge is 0.378 e. The van der Waals surface area contributed by atoms with Gasteiger partial charge in [-0.05, 0) is 24.8 Å². The molecule has 0 saturated heterocycles. The van der Waals surface area contributed by atoms with Crippen LogP contribution in [-0.4, -0.2) is 45.4 Å². The highest BCUT2D eigenvalue weighted by atomic mass is 16.5. The Morgan fingerprint density at radius 3 is 2.46 bits per heavy atom. The van der Waals surface area contributed by atoms with Crippen molar-refractivity contribution < 1.29 is 9.47 Å². The molecule has 0 heterocycles. The second-order valence-electron chi connectivity index (χ2n) is 5.99. The molecule has 1 aromatic rings. The van der Waals surface area contributed by atoms with Crippen LogP contribution < -0.4 is 10.6 Å². The molecule has 0 bridgehead atoms.